The van der Waals surface area contributed by atoms with Crippen molar-refractivity contribution in [3.05, 3.63) is 99.8 Å². The monoisotopic (exact) mass is 496 g/mol. The fourth-order valence-electron chi connectivity index (χ4n) is 3.33. The quantitative estimate of drug-likeness (QED) is 0.288. The number of halogens is 2. The number of carbonyl (C=O) groups excluding carboxylic acids is 2. The van der Waals surface area contributed by atoms with Gasteiger partial charge in [-0.3, -0.25) is 14.5 Å². The Morgan fingerprint density at radius 3 is 2.54 bits per heavy atom. The van der Waals surface area contributed by atoms with Crippen molar-refractivity contribution in [3.63, 3.8) is 0 Å². The predicted molar refractivity (Wildman–Crippen MR) is 135 cm³/mol. The van der Waals surface area contributed by atoms with Gasteiger partial charge in [-0.1, -0.05) is 42.8 Å². The van der Waals surface area contributed by atoms with Crippen molar-refractivity contribution in [1.29, 1.82) is 0 Å². The number of hydrogen-bond acceptors (Lipinski definition) is 5. The molecule has 0 aromatic heterocycles. The van der Waals surface area contributed by atoms with Crippen LogP contribution in [0.4, 0.5) is 10.1 Å². The van der Waals surface area contributed by atoms with Crippen LogP contribution in [-0.4, -0.2) is 47.7 Å². The van der Waals surface area contributed by atoms with Gasteiger partial charge in [-0.15, -0.1) is 0 Å². The molecule has 0 saturated carbocycles. The lowest BCUT2D eigenvalue weighted by Gasteiger charge is -2.19. The van der Waals surface area contributed by atoms with E-state index in [2.05, 4.69) is 20.7 Å². The summed E-state index contributed by atoms with van der Waals surface area (Å²) in [5.41, 5.74) is 4.67. The average molecular weight is 497 g/mol. The molecule has 3 aromatic rings. The van der Waals surface area contributed by atoms with E-state index in [0.29, 0.717) is 29.2 Å². The SMILES string of the molecule is CCN(CCO)Cc1ccc(C(=O)Nc2ccc(Cl)cc2C(=O)NN=Cc2cccc(F)c2)cc1. The van der Waals surface area contributed by atoms with Gasteiger partial charge in [0, 0.05) is 23.7 Å². The number of rotatable bonds is 10. The highest BCUT2D eigenvalue weighted by Crippen LogP contribution is 2.22. The van der Waals surface area contributed by atoms with Crippen LogP contribution >= 0.6 is 11.6 Å². The van der Waals surface area contributed by atoms with Gasteiger partial charge < -0.3 is 10.4 Å². The summed E-state index contributed by atoms with van der Waals surface area (Å²) in [6, 6.07) is 17.4. The molecule has 0 fully saturated rings. The van der Waals surface area contributed by atoms with Gasteiger partial charge in [-0.25, -0.2) is 9.82 Å². The second-order valence-corrected chi connectivity index (χ2v) is 8.12. The highest BCUT2D eigenvalue weighted by atomic mass is 35.5. The van der Waals surface area contributed by atoms with Gasteiger partial charge in [0.1, 0.15) is 5.82 Å². The lowest BCUT2D eigenvalue weighted by molar-refractivity contribution is 0.0956. The van der Waals surface area contributed by atoms with E-state index < -0.39 is 11.7 Å². The zero-order valence-corrected chi connectivity index (χ0v) is 19.9. The van der Waals surface area contributed by atoms with Crippen LogP contribution in [0.1, 0.15) is 38.8 Å². The van der Waals surface area contributed by atoms with Gasteiger partial charge in [0.25, 0.3) is 11.8 Å². The Morgan fingerprint density at radius 1 is 1.09 bits per heavy atom. The Labute approximate surface area is 208 Å². The van der Waals surface area contributed by atoms with Crippen molar-refractivity contribution in [2.75, 3.05) is 25.0 Å². The number of nitrogens with one attached hydrogen (secondary N) is 2. The van der Waals surface area contributed by atoms with Crippen molar-refractivity contribution in [2.24, 2.45) is 5.10 Å². The fraction of sp³-hybridized carbons (Fsp3) is 0.192. The second-order valence-electron chi connectivity index (χ2n) is 7.69. The molecule has 0 aliphatic heterocycles. The lowest BCUT2D eigenvalue weighted by Crippen LogP contribution is -2.26. The maximum absolute atomic E-state index is 13.3. The zero-order valence-electron chi connectivity index (χ0n) is 19.2. The number of aliphatic hydroxyl groups is 1. The topological polar surface area (TPSA) is 94.0 Å². The Bertz CT molecular complexity index is 1200. The number of likely N-dealkylation sites (N-methyl/N-ethyl adjacent to an activating group) is 1. The summed E-state index contributed by atoms with van der Waals surface area (Å²) < 4.78 is 13.3. The predicted octanol–water partition coefficient (Wildman–Crippen LogP) is 4.31. The van der Waals surface area contributed by atoms with Crippen molar-refractivity contribution < 1.29 is 19.1 Å². The molecule has 3 rings (SSSR count). The van der Waals surface area contributed by atoms with E-state index in [1.807, 2.05) is 19.1 Å². The van der Waals surface area contributed by atoms with Gasteiger partial charge in [0.15, 0.2) is 0 Å². The minimum atomic E-state index is -0.589. The zero-order chi connectivity index (χ0) is 25.2. The van der Waals surface area contributed by atoms with Crippen LogP contribution in [0, 0.1) is 5.82 Å². The van der Waals surface area contributed by atoms with E-state index in [0.717, 1.165) is 12.1 Å². The summed E-state index contributed by atoms with van der Waals surface area (Å²) in [6.45, 7) is 4.14. The van der Waals surface area contributed by atoms with Crippen LogP contribution in [0.15, 0.2) is 71.8 Å². The van der Waals surface area contributed by atoms with Gasteiger partial charge in [0.05, 0.1) is 24.1 Å². The minimum Gasteiger partial charge on any atom is -0.395 e. The Morgan fingerprint density at radius 2 is 1.86 bits per heavy atom. The van der Waals surface area contributed by atoms with E-state index in [4.69, 9.17) is 16.7 Å². The standard InChI is InChI=1S/C26H26ClFN4O3/c1-2-32(12-13-33)17-18-6-8-20(9-7-18)25(34)30-24-11-10-21(27)15-23(24)26(35)31-29-16-19-4-3-5-22(28)14-19/h3-11,14-16,33H,2,12-13,17H2,1H3,(H,30,34)(H,31,35). The molecule has 0 bridgehead atoms. The molecule has 0 aliphatic rings. The van der Waals surface area contributed by atoms with Crippen LogP contribution in [0.3, 0.4) is 0 Å². The lowest BCUT2D eigenvalue weighted by atomic mass is 10.1. The Kier molecular flexibility index (Phi) is 9.48. The van der Waals surface area contributed by atoms with Crippen LogP contribution in [0.5, 0.6) is 0 Å². The number of amides is 2. The molecule has 0 atom stereocenters. The van der Waals surface area contributed by atoms with Gasteiger partial charge in [-0.2, -0.15) is 5.10 Å². The first-order valence-electron chi connectivity index (χ1n) is 11.0. The second kappa shape index (κ2) is 12.8. The third-order valence-corrected chi connectivity index (χ3v) is 5.42. The third kappa shape index (κ3) is 7.71. The molecule has 9 heteroatoms. The average Bonchev–Trinajstić information content (AvgIpc) is 2.85. The van der Waals surface area contributed by atoms with Crippen molar-refractivity contribution >= 4 is 35.3 Å². The van der Waals surface area contributed by atoms with Crippen molar-refractivity contribution in [2.45, 2.75) is 13.5 Å². The van der Waals surface area contributed by atoms with E-state index >= 15 is 0 Å². The molecule has 2 amide bonds. The van der Waals surface area contributed by atoms with Gasteiger partial charge in [0.2, 0.25) is 0 Å². The summed E-state index contributed by atoms with van der Waals surface area (Å²) in [7, 11) is 0. The number of hydrazone groups is 1. The highest BCUT2D eigenvalue weighted by molar-refractivity contribution is 6.31. The molecule has 0 heterocycles. The van der Waals surface area contributed by atoms with E-state index in [-0.39, 0.29) is 23.8 Å². The molecule has 0 aliphatic carbocycles. The maximum Gasteiger partial charge on any atom is 0.273 e. The minimum absolute atomic E-state index is 0.0848. The first-order valence-corrected chi connectivity index (χ1v) is 11.4. The van der Waals surface area contributed by atoms with Crippen molar-refractivity contribution in [3.8, 4) is 0 Å². The number of nitrogens with zero attached hydrogens (tertiary/aromatic N) is 2. The molecule has 0 saturated heterocycles. The largest absolute Gasteiger partial charge is 0.395 e. The number of hydrogen-bond donors (Lipinski definition) is 3. The molecule has 35 heavy (non-hydrogen) atoms. The number of carbonyl (C=O) groups is 2. The first-order chi connectivity index (χ1) is 16.9. The van der Waals surface area contributed by atoms with Gasteiger partial charge in [-0.05, 0) is 60.1 Å². The first kappa shape index (κ1) is 26.0. The third-order valence-electron chi connectivity index (χ3n) is 5.19. The van der Waals surface area contributed by atoms with Crippen molar-refractivity contribution in [1.82, 2.24) is 10.3 Å². The molecule has 3 N–H and O–H groups in total. The highest BCUT2D eigenvalue weighted by Gasteiger charge is 2.15. The molecule has 0 radical (unpaired) electrons. The Hall–Kier alpha value is -3.59. The van der Waals surface area contributed by atoms with Crippen LogP contribution < -0.4 is 10.7 Å². The molecule has 3 aromatic carbocycles. The molecule has 7 nitrogen and oxygen atoms in total. The van der Waals surface area contributed by atoms with Crippen LogP contribution in [0.2, 0.25) is 5.02 Å². The van der Waals surface area contributed by atoms with Gasteiger partial charge >= 0.3 is 0 Å². The Balaban J connectivity index is 1.69. The summed E-state index contributed by atoms with van der Waals surface area (Å²) in [6.07, 6.45) is 1.31. The summed E-state index contributed by atoms with van der Waals surface area (Å²) in [4.78, 5) is 27.6. The smallest absolute Gasteiger partial charge is 0.273 e. The van der Waals surface area contributed by atoms with E-state index in [1.54, 1.807) is 24.3 Å². The number of benzene rings is 3. The molecular formula is C26H26ClFN4O3. The molecule has 0 unspecified atom stereocenters. The fourth-order valence-corrected chi connectivity index (χ4v) is 3.50. The van der Waals surface area contributed by atoms with Crippen LogP contribution in [0.25, 0.3) is 0 Å². The molecule has 182 valence electrons. The number of aliphatic hydroxyl groups excluding tert-OH is 1. The molecular weight excluding hydrogens is 471 g/mol. The normalized spacial score (nSPS) is 11.1. The van der Waals surface area contributed by atoms with Crippen LogP contribution in [-0.2, 0) is 6.54 Å². The number of anilines is 1. The van der Waals surface area contributed by atoms with E-state index in [1.165, 1.54) is 36.5 Å². The summed E-state index contributed by atoms with van der Waals surface area (Å²) in [5.74, 6) is -1.39. The summed E-state index contributed by atoms with van der Waals surface area (Å²) >= 11 is 6.06. The molecule has 0 spiro atoms. The maximum atomic E-state index is 13.3. The summed E-state index contributed by atoms with van der Waals surface area (Å²) in [5, 5.41) is 16.0. The van der Waals surface area contributed by atoms with E-state index in [9.17, 15) is 14.0 Å².